The molecule has 2 nitrogen and oxygen atoms in total. The fourth-order valence-corrected chi connectivity index (χ4v) is 1.72. The minimum Gasteiger partial charge on any atom is -0.486 e. The molecular weight excluding hydrogens is 224 g/mol. The van der Waals surface area contributed by atoms with E-state index < -0.39 is 0 Å². The van der Waals surface area contributed by atoms with Crippen molar-refractivity contribution in [2.24, 2.45) is 0 Å². The van der Waals surface area contributed by atoms with Gasteiger partial charge in [0.05, 0.1) is 0 Å². The highest BCUT2D eigenvalue weighted by Crippen LogP contribution is 2.30. The van der Waals surface area contributed by atoms with E-state index in [1.54, 1.807) is 0 Å². The molecule has 1 aromatic carbocycles. The summed E-state index contributed by atoms with van der Waals surface area (Å²) in [6.45, 7) is 8.61. The number of ketones is 1. The Morgan fingerprint density at radius 2 is 1.83 bits per heavy atom. The van der Waals surface area contributed by atoms with Gasteiger partial charge in [0.15, 0.2) is 5.78 Å². The molecule has 0 saturated heterocycles. The van der Waals surface area contributed by atoms with Crippen LogP contribution in [0, 0.1) is 0 Å². The smallest absolute Gasteiger partial charge is 0.170 e. The van der Waals surface area contributed by atoms with Gasteiger partial charge in [0, 0.05) is 6.42 Å². The second kappa shape index (κ2) is 7.20. The molecule has 0 bridgehead atoms. The zero-order valence-electron chi connectivity index (χ0n) is 11.2. The lowest BCUT2D eigenvalue weighted by Crippen LogP contribution is -2.16. The van der Waals surface area contributed by atoms with Gasteiger partial charge in [0.1, 0.15) is 12.4 Å². The zero-order valence-corrected chi connectivity index (χ0v) is 11.2. The highest BCUT2D eigenvalue weighted by Gasteiger charge is 2.18. The van der Waals surface area contributed by atoms with E-state index in [9.17, 15) is 4.79 Å². The molecule has 18 heavy (non-hydrogen) atoms. The number of benzene rings is 1. The van der Waals surface area contributed by atoms with Crippen molar-refractivity contribution < 1.29 is 9.53 Å². The van der Waals surface area contributed by atoms with Crippen LogP contribution in [-0.4, -0.2) is 12.4 Å². The number of rotatable bonds is 5. The van der Waals surface area contributed by atoms with Crippen LogP contribution in [0.2, 0.25) is 0 Å². The van der Waals surface area contributed by atoms with Crippen LogP contribution in [0.5, 0.6) is 5.75 Å². The molecule has 1 aromatic rings. The Morgan fingerprint density at radius 1 is 1.22 bits per heavy atom. The summed E-state index contributed by atoms with van der Waals surface area (Å²) >= 11 is 0. The van der Waals surface area contributed by atoms with Gasteiger partial charge in [0.25, 0.3) is 0 Å². The third-order valence-corrected chi connectivity index (χ3v) is 2.61. The van der Waals surface area contributed by atoms with Crippen LogP contribution in [0.25, 0.3) is 0 Å². The molecule has 0 saturated carbocycles. The van der Waals surface area contributed by atoms with E-state index in [0.29, 0.717) is 6.42 Å². The van der Waals surface area contributed by atoms with E-state index in [-0.39, 0.29) is 25.2 Å². The fourth-order valence-electron chi connectivity index (χ4n) is 1.72. The number of carbonyl (C=O) groups excluding carboxylic acids is 1. The first kappa shape index (κ1) is 16.7. The van der Waals surface area contributed by atoms with Gasteiger partial charge in [-0.3, -0.25) is 4.79 Å². The van der Waals surface area contributed by atoms with Crippen LogP contribution in [0.4, 0.5) is 0 Å². The summed E-state index contributed by atoms with van der Waals surface area (Å²) in [6.07, 6.45) is 1.47. The first-order chi connectivity index (χ1) is 7.95. The first-order valence-electron chi connectivity index (χ1n) is 6.19. The fraction of sp³-hybridized carbons (Fsp3) is 0.562. The van der Waals surface area contributed by atoms with E-state index in [1.807, 2.05) is 25.1 Å². The molecule has 0 fully saturated rings. The van der Waals surface area contributed by atoms with Crippen LogP contribution in [0.1, 0.15) is 53.5 Å². The molecule has 0 aliphatic rings. The summed E-state index contributed by atoms with van der Waals surface area (Å²) in [4.78, 5) is 11.5. The Bertz CT molecular complexity index is 375. The van der Waals surface area contributed by atoms with Gasteiger partial charge in [-0.2, -0.15) is 0 Å². The molecule has 1 rings (SSSR count). The summed E-state index contributed by atoms with van der Waals surface area (Å²) in [5.41, 5.74) is 1.18. The molecule has 0 unspecified atom stereocenters. The number of hydrogen-bond acceptors (Lipinski definition) is 2. The van der Waals surface area contributed by atoms with Crippen molar-refractivity contribution in [3.8, 4) is 5.75 Å². The molecule has 0 amide bonds. The molecule has 2 heteroatoms. The number of Topliss-reactive ketones (excluding diaryl/α,β-unsaturated/α-hetero) is 1. The normalized spacial score (nSPS) is 10.7. The predicted molar refractivity (Wildman–Crippen MR) is 77.3 cm³/mol. The van der Waals surface area contributed by atoms with Crippen LogP contribution >= 0.6 is 0 Å². The van der Waals surface area contributed by atoms with E-state index in [4.69, 9.17) is 4.74 Å². The lowest BCUT2D eigenvalue weighted by molar-refractivity contribution is -0.121. The lowest BCUT2D eigenvalue weighted by atomic mass is 9.86. The van der Waals surface area contributed by atoms with Crippen LogP contribution in [0.15, 0.2) is 24.3 Å². The van der Waals surface area contributed by atoms with Gasteiger partial charge in [-0.25, -0.2) is 0 Å². The molecule has 0 N–H and O–H groups in total. The Labute approximate surface area is 111 Å². The molecule has 102 valence electrons. The molecule has 0 aliphatic carbocycles. The van der Waals surface area contributed by atoms with Gasteiger partial charge in [-0.15, -0.1) is 0 Å². The Morgan fingerprint density at radius 3 is 2.39 bits per heavy atom. The highest BCUT2D eigenvalue weighted by atomic mass is 16.5. The number of para-hydroxylation sites is 1. The van der Waals surface area contributed by atoms with Crippen molar-refractivity contribution >= 4 is 5.78 Å². The monoisotopic (exact) mass is 250 g/mol. The lowest BCUT2D eigenvalue weighted by Gasteiger charge is -2.22. The Hall–Kier alpha value is -1.31. The summed E-state index contributed by atoms with van der Waals surface area (Å²) in [7, 11) is 0. The predicted octanol–water partition coefficient (Wildman–Crippen LogP) is 4.37. The third-order valence-electron chi connectivity index (χ3n) is 2.61. The van der Waals surface area contributed by atoms with E-state index in [2.05, 4.69) is 26.8 Å². The minimum atomic E-state index is 0. The van der Waals surface area contributed by atoms with Gasteiger partial charge >= 0.3 is 0 Å². The van der Waals surface area contributed by atoms with Crippen molar-refractivity contribution in [3.63, 3.8) is 0 Å². The van der Waals surface area contributed by atoms with Gasteiger partial charge in [-0.05, 0) is 23.5 Å². The number of ether oxygens (including phenoxy) is 1. The van der Waals surface area contributed by atoms with Crippen molar-refractivity contribution in [1.29, 1.82) is 0 Å². The van der Waals surface area contributed by atoms with Crippen molar-refractivity contribution in [2.45, 2.75) is 53.4 Å². The second-order valence-electron chi connectivity index (χ2n) is 5.32. The van der Waals surface area contributed by atoms with E-state index in [0.717, 1.165) is 17.7 Å². The van der Waals surface area contributed by atoms with Crippen molar-refractivity contribution in [1.82, 2.24) is 0 Å². The largest absolute Gasteiger partial charge is 0.486 e. The molecule has 0 heterocycles. The summed E-state index contributed by atoms with van der Waals surface area (Å²) < 4.78 is 5.63. The van der Waals surface area contributed by atoms with Crippen LogP contribution in [-0.2, 0) is 10.2 Å². The van der Waals surface area contributed by atoms with Crippen molar-refractivity contribution in [3.05, 3.63) is 29.8 Å². The van der Waals surface area contributed by atoms with Crippen LogP contribution in [0.3, 0.4) is 0 Å². The first-order valence-corrected chi connectivity index (χ1v) is 6.19. The summed E-state index contributed by atoms with van der Waals surface area (Å²) in [5.74, 6) is 0.987. The Balaban J connectivity index is 0.00000289. The molecule has 0 spiro atoms. The second-order valence-corrected chi connectivity index (χ2v) is 5.32. The number of hydrogen-bond donors (Lipinski definition) is 0. The number of carbonyl (C=O) groups is 1. The maximum atomic E-state index is 11.5. The SMILES string of the molecule is C.CCCC(=O)COc1ccccc1C(C)(C)C. The van der Waals surface area contributed by atoms with Crippen molar-refractivity contribution in [2.75, 3.05) is 6.61 Å². The zero-order chi connectivity index (χ0) is 12.9. The van der Waals surface area contributed by atoms with Gasteiger partial charge in [0.2, 0.25) is 0 Å². The average Bonchev–Trinajstić information content (AvgIpc) is 2.26. The molecule has 0 aromatic heterocycles. The summed E-state index contributed by atoms with van der Waals surface area (Å²) in [5, 5.41) is 0. The average molecular weight is 250 g/mol. The molecular formula is C16H26O2. The maximum absolute atomic E-state index is 11.5. The molecule has 0 aliphatic heterocycles. The third kappa shape index (κ3) is 4.91. The Kier molecular flexibility index (Phi) is 6.67. The van der Waals surface area contributed by atoms with Gasteiger partial charge in [-0.1, -0.05) is 53.3 Å². The van der Waals surface area contributed by atoms with E-state index >= 15 is 0 Å². The molecule has 0 atom stereocenters. The maximum Gasteiger partial charge on any atom is 0.170 e. The van der Waals surface area contributed by atoms with Gasteiger partial charge < -0.3 is 4.74 Å². The molecule has 0 radical (unpaired) electrons. The topological polar surface area (TPSA) is 26.3 Å². The minimum absolute atomic E-state index is 0. The highest BCUT2D eigenvalue weighted by molar-refractivity contribution is 5.79. The van der Waals surface area contributed by atoms with E-state index in [1.165, 1.54) is 0 Å². The summed E-state index contributed by atoms with van der Waals surface area (Å²) in [6, 6.07) is 7.93. The quantitative estimate of drug-likeness (QED) is 0.775. The van der Waals surface area contributed by atoms with Crippen LogP contribution < -0.4 is 4.74 Å². The standard InChI is InChI=1S/C15H22O2.CH4/c1-5-8-12(16)11-17-14-10-7-6-9-13(14)15(2,3)4;/h6-7,9-10H,5,8,11H2,1-4H3;1H4.